The van der Waals surface area contributed by atoms with Crippen molar-refractivity contribution in [3.8, 4) is 0 Å². The summed E-state index contributed by atoms with van der Waals surface area (Å²) >= 11 is 0. The molecule has 0 amide bonds. The van der Waals surface area contributed by atoms with Crippen LogP contribution in [0.25, 0.3) is 0 Å². The third kappa shape index (κ3) is 6.59. The van der Waals surface area contributed by atoms with Crippen LogP contribution in [-0.2, 0) is 9.63 Å². The molecule has 0 saturated carbocycles. The number of carbonyl (C=O) groups is 1. The fraction of sp³-hybridized carbons (Fsp3) is 0.765. The topological polar surface area (TPSA) is 103 Å². The van der Waals surface area contributed by atoms with Gasteiger partial charge in [-0.05, 0) is 53.0 Å². The number of aliphatic hydroxyl groups excluding tert-OH is 1. The third-order valence-electron chi connectivity index (χ3n) is 4.06. The van der Waals surface area contributed by atoms with Gasteiger partial charge in [0.15, 0.2) is 0 Å². The SMILES string of the molecule is CC1(C)CC(=NOCCCCC(O)/C=C/C(=O)O)CC(C)(C)N1O. The summed E-state index contributed by atoms with van der Waals surface area (Å²) in [6.45, 7) is 8.32. The molecule has 0 radical (unpaired) electrons. The van der Waals surface area contributed by atoms with Crippen molar-refractivity contribution in [1.82, 2.24) is 5.06 Å². The molecule has 7 heteroatoms. The van der Waals surface area contributed by atoms with Gasteiger partial charge in [0.25, 0.3) is 0 Å². The zero-order chi connectivity index (χ0) is 18.4. The van der Waals surface area contributed by atoms with Gasteiger partial charge in [0.2, 0.25) is 0 Å². The van der Waals surface area contributed by atoms with Gasteiger partial charge in [0.05, 0.1) is 11.8 Å². The number of carboxylic acids is 1. The van der Waals surface area contributed by atoms with Crippen molar-refractivity contribution >= 4 is 11.7 Å². The molecule has 1 fully saturated rings. The molecule has 0 spiro atoms. The first-order valence-electron chi connectivity index (χ1n) is 8.31. The van der Waals surface area contributed by atoms with Crippen LogP contribution in [0.4, 0.5) is 0 Å². The zero-order valence-corrected chi connectivity index (χ0v) is 15.0. The van der Waals surface area contributed by atoms with Crippen LogP contribution in [0, 0.1) is 0 Å². The lowest BCUT2D eigenvalue weighted by molar-refractivity contribution is -0.226. The van der Waals surface area contributed by atoms with E-state index in [1.54, 1.807) is 0 Å². The highest BCUT2D eigenvalue weighted by Crippen LogP contribution is 2.35. The molecule has 1 unspecified atom stereocenters. The normalized spacial score (nSPS) is 21.7. The van der Waals surface area contributed by atoms with E-state index in [1.165, 1.54) is 11.1 Å². The fourth-order valence-electron chi connectivity index (χ4n) is 3.04. The molecule has 1 rings (SSSR count). The molecule has 7 nitrogen and oxygen atoms in total. The molecule has 24 heavy (non-hydrogen) atoms. The van der Waals surface area contributed by atoms with E-state index in [1.807, 2.05) is 27.7 Å². The quantitative estimate of drug-likeness (QED) is 0.356. The maximum Gasteiger partial charge on any atom is 0.328 e. The predicted molar refractivity (Wildman–Crippen MR) is 91.0 cm³/mol. The Kier molecular flexibility index (Phi) is 7.38. The van der Waals surface area contributed by atoms with Crippen molar-refractivity contribution in [1.29, 1.82) is 0 Å². The number of hydrogen-bond donors (Lipinski definition) is 3. The standard InChI is InChI=1S/C17H30N2O5/c1-16(2)11-13(12-17(3,4)19(16)23)18-24-10-6-5-7-14(20)8-9-15(21)22/h8-9,14,20,23H,5-7,10-12H2,1-4H3,(H,21,22)/b9-8+. The summed E-state index contributed by atoms with van der Waals surface area (Å²) in [6.07, 6.45) is 4.70. The average Bonchev–Trinajstić information content (AvgIpc) is 2.45. The molecule has 1 heterocycles. The van der Waals surface area contributed by atoms with Crippen molar-refractivity contribution in [2.24, 2.45) is 5.16 Å². The van der Waals surface area contributed by atoms with E-state index in [9.17, 15) is 15.1 Å². The van der Waals surface area contributed by atoms with E-state index in [0.29, 0.717) is 25.9 Å². The first-order chi connectivity index (χ1) is 11.0. The third-order valence-corrected chi connectivity index (χ3v) is 4.06. The molecular formula is C17H30N2O5. The smallest absolute Gasteiger partial charge is 0.328 e. The monoisotopic (exact) mass is 342 g/mol. The first-order valence-corrected chi connectivity index (χ1v) is 8.31. The van der Waals surface area contributed by atoms with Gasteiger partial charge in [-0.15, -0.1) is 0 Å². The second kappa shape index (κ2) is 8.60. The highest BCUT2D eigenvalue weighted by Gasteiger charge is 2.43. The molecule has 0 aromatic carbocycles. The molecule has 1 aliphatic rings. The lowest BCUT2D eigenvalue weighted by Crippen LogP contribution is -2.59. The summed E-state index contributed by atoms with van der Waals surface area (Å²) < 4.78 is 0. The van der Waals surface area contributed by atoms with Gasteiger partial charge in [-0.2, -0.15) is 5.06 Å². The summed E-state index contributed by atoms with van der Waals surface area (Å²) in [5.74, 6) is -1.06. The van der Waals surface area contributed by atoms with Gasteiger partial charge in [0, 0.05) is 30.0 Å². The summed E-state index contributed by atoms with van der Waals surface area (Å²) in [5.41, 5.74) is 0.162. The Balaban J connectivity index is 2.31. The van der Waals surface area contributed by atoms with Crippen LogP contribution < -0.4 is 0 Å². The van der Waals surface area contributed by atoms with Crippen LogP contribution in [0.3, 0.4) is 0 Å². The van der Waals surface area contributed by atoms with Crippen molar-refractivity contribution < 1.29 is 25.1 Å². The van der Waals surface area contributed by atoms with E-state index >= 15 is 0 Å². The lowest BCUT2D eigenvalue weighted by atomic mass is 9.81. The highest BCUT2D eigenvalue weighted by molar-refractivity contribution is 5.86. The van der Waals surface area contributed by atoms with Crippen LogP contribution in [0.15, 0.2) is 17.3 Å². The zero-order valence-electron chi connectivity index (χ0n) is 15.0. The summed E-state index contributed by atoms with van der Waals surface area (Å²) in [5, 5.41) is 33.8. The molecular weight excluding hydrogens is 312 g/mol. The number of hydrogen-bond acceptors (Lipinski definition) is 6. The van der Waals surface area contributed by atoms with Crippen LogP contribution in [0.2, 0.25) is 0 Å². The van der Waals surface area contributed by atoms with Crippen LogP contribution in [0.1, 0.15) is 59.8 Å². The minimum absolute atomic E-state index is 0.384. The molecule has 1 aliphatic heterocycles. The number of aliphatic carboxylic acids is 1. The average molecular weight is 342 g/mol. The maximum absolute atomic E-state index is 10.3. The number of hydroxylamine groups is 2. The fourth-order valence-corrected chi connectivity index (χ4v) is 3.04. The van der Waals surface area contributed by atoms with Gasteiger partial charge in [-0.1, -0.05) is 5.16 Å². The Morgan fingerprint density at radius 2 is 1.88 bits per heavy atom. The molecule has 138 valence electrons. The molecule has 0 aromatic rings. The van der Waals surface area contributed by atoms with Crippen molar-refractivity contribution in [3.05, 3.63) is 12.2 Å². The number of carboxylic acid groups (broad SMARTS) is 1. The van der Waals surface area contributed by atoms with Gasteiger partial charge in [0.1, 0.15) is 6.61 Å². The molecule has 1 saturated heterocycles. The number of rotatable bonds is 8. The summed E-state index contributed by atoms with van der Waals surface area (Å²) in [6, 6.07) is 0. The summed E-state index contributed by atoms with van der Waals surface area (Å²) in [4.78, 5) is 15.7. The van der Waals surface area contributed by atoms with Crippen LogP contribution in [0.5, 0.6) is 0 Å². The number of oxime groups is 1. The maximum atomic E-state index is 10.3. The number of piperidine rings is 1. The highest BCUT2D eigenvalue weighted by atomic mass is 16.6. The Hall–Kier alpha value is -1.44. The molecule has 3 N–H and O–H groups in total. The first kappa shape index (κ1) is 20.6. The van der Waals surface area contributed by atoms with Gasteiger partial charge >= 0.3 is 5.97 Å². The Morgan fingerprint density at radius 3 is 2.42 bits per heavy atom. The second-order valence-corrected chi connectivity index (χ2v) is 7.54. The van der Waals surface area contributed by atoms with Crippen LogP contribution in [-0.4, -0.2) is 56.0 Å². The predicted octanol–water partition coefficient (Wildman–Crippen LogP) is 2.57. The molecule has 0 aliphatic carbocycles. The number of aliphatic hydroxyl groups is 1. The van der Waals surface area contributed by atoms with Gasteiger partial charge in [-0.25, -0.2) is 4.79 Å². The van der Waals surface area contributed by atoms with E-state index in [4.69, 9.17) is 9.94 Å². The van der Waals surface area contributed by atoms with Crippen LogP contribution >= 0.6 is 0 Å². The number of nitrogens with zero attached hydrogens (tertiary/aromatic N) is 2. The van der Waals surface area contributed by atoms with E-state index in [2.05, 4.69) is 5.16 Å². The van der Waals surface area contributed by atoms with E-state index in [0.717, 1.165) is 24.6 Å². The molecule has 1 atom stereocenters. The van der Waals surface area contributed by atoms with Crippen molar-refractivity contribution in [2.45, 2.75) is 77.0 Å². The van der Waals surface area contributed by atoms with Crippen molar-refractivity contribution in [2.75, 3.05) is 6.61 Å². The van der Waals surface area contributed by atoms with Crippen molar-refractivity contribution in [3.63, 3.8) is 0 Å². The van der Waals surface area contributed by atoms with E-state index in [-0.39, 0.29) is 11.1 Å². The number of unbranched alkanes of at least 4 members (excludes halogenated alkanes) is 1. The minimum atomic E-state index is -1.06. The Morgan fingerprint density at radius 1 is 1.29 bits per heavy atom. The molecule has 0 bridgehead atoms. The molecule has 0 aromatic heterocycles. The lowest BCUT2D eigenvalue weighted by Gasteiger charge is -2.48. The van der Waals surface area contributed by atoms with Gasteiger partial charge in [-0.3, -0.25) is 0 Å². The summed E-state index contributed by atoms with van der Waals surface area (Å²) in [7, 11) is 0. The minimum Gasteiger partial charge on any atom is -0.478 e. The van der Waals surface area contributed by atoms with Gasteiger partial charge < -0.3 is 20.3 Å². The Labute approximate surface area is 143 Å². The Bertz CT molecular complexity index is 465. The second-order valence-electron chi connectivity index (χ2n) is 7.54. The largest absolute Gasteiger partial charge is 0.478 e. The van der Waals surface area contributed by atoms with E-state index < -0.39 is 12.1 Å².